The molecule has 6 heteroatoms. The topological polar surface area (TPSA) is 53.1 Å². The van der Waals surface area contributed by atoms with Crippen LogP contribution < -0.4 is 9.64 Å². The van der Waals surface area contributed by atoms with Gasteiger partial charge in [0.05, 0.1) is 13.5 Å². The van der Waals surface area contributed by atoms with Crippen LogP contribution in [0.15, 0.2) is 78.9 Å². The van der Waals surface area contributed by atoms with E-state index in [-0.39, 0.29) is 11.8 Å². The van der Waals surface area contributed by atoms with E-state index >= 15 is 0 Å². The number of benzene rings is 3. The molecule has 0 radical (unpaired) electrons. The number of carbonyl (C=O) groups excluding carboxylic acids is 2. The van der Waals surface area contributed by atoms with Gasteiger partial charge in [0, 0.05) is 44.8 Å². The molecule has 0 unspecified atom stereocenters. The fourth-order valence-corrected chi connectivity index (χ4v) is 5.67. The molecule has 1 aliphatic rings. The van der Waals surface area contributed by atoms with Crippen LogP contribution in [0.2, 0.25) is 0 Å². The van der Waals surface area contributed by atoms with Crippen LogP contribution in [0.25, 0.3) is 0 Å². The van der Waals surface area contributed by atoms with Gasteiger partial charge in [-0.1, -0.05) is 80.6 Å². The first-order valence-corrected chi connectivity index (χ1v) is 15.0. The largest absolute Gasteiger partial charge is 0.496 e. The molecule has 2 amide bonds. The molecule has 0 bridgehead atoms. The molecule has 4 rings (SSSR count). The Morgan fingerprint density at radius 1 is 0.829 bits per heavy atom. The Morgan fingerprint density at radius 3 is 2.34 bits per heavy atom. The highest BCUT2D eigenvalue weighted by molar-refractivity contribution is 5.95. The highest BCUT2D eigenvalue weighted by Gasteiger charge is 2.24. The number of aryl methyl sites for hydroxylation is 1. The van der Waals surface area contributed by atoms with Gasteiger partial charge in [-0.2, -0.15) is 0 Å². The number of hydrogen-bond acceptors (Lipinski definition) is 4. The summed E-state index contributed by atoms with van der Waals surface area (Å²) in [5.41, 5.74) is 4.07. The standard InChI is InChI=1S/C35H45N3O3/c1-28(2)26-36-21-12-22-38(35(40)25-29-13-5-4-6-14-29)32-18-9-7-16-31(32)27-37(24-23-36)34(39)20-11-17-30-15-8-10-19-33(30)41-3/h4-10,13-16,18-19,28H,11-12,17,20-27H2,1-3H3. The molecular formula is C35H45N3O3. The second-order valence-electron chi connectivity index (χ2n) is 11.4. The number of anilines is 1. The van der Waals surface area contributed by atoms with Gasteiger partial charge in [0.2, 0.25) is 11.8 Å². The third kappa shape index (κ3) is 8.92. The van der Waals surface area contributed by atoms with Crippen molar-refractivity contribution in [2.75, 3.05) is 44.7 Å². The summed E-state index contributed by atoms with van der Waals surface area (Å²) in [6.45, 7) is 8.99. The first kappa shape index (κ1) is 30.3. The predicted molar refractivity (Wildman–Crippen MR) is 166 cm³/mol. The van der Waals surface area contributed by atoms with Crippen LogP contribution in [0, 0.1) is 5.92 Å². The summed E-state index contributed by atoms with van der Waals surface area (Å²) in [4.78, 5) is 33.8. The fourth-order valence-electron chi connectivity index (χ4n) is 5.67. The molecule has 0 spiro atoms. The third-order valence-corrected chi connectivity index (χ3v) is 7.69. The number of rotatable bonds is 9. The molecule has 0 saturated carbocycles. The highest BCUT2D eigenvalue weighted by Crippen LogP contribution is 2.25. The Labute approximate surface area is 245 Å². The number of hydrogen-bond donors (Lipinski definition) is 0. The first-order valence-electron chi connectivity index (χ1n) is 15.0. The van der Waals surface area contributed by atoms with Crippen molar-refractivity contribution < 1.29 is 14.3 Å². The van der Waals surface area contributed by atoms with Crippen molar-refractivity contribution in [1.82, 2.24) is 9.80 Å². The van der Waals surface area contributed by atoms with Crippen molar-refractivity contribution in [3.8, 4) is 5.75 Å². The molecule has 0 saturated heterocycles. The molecule has 0 aliphatic carbocycles. The number of methoxy groups -OCH3 is 1. The van der Waals surface area contributed by atoms with Gasteiger partial charge < -0.3 is 19.4 Å². The van der Waals surface area contributed by atoms with Gasteiger partial charge in [-0.3, -0.25) is 9.59 Å². The van der Waals surface area contributed by atoms with E-state index in [9.17, 15) is 9.59 Å². The fraction of sp³-hybridized carbons (Fsp3) is 0.429. The maximum Gasteiger partial charge on any atom is 0.231 e. The van der Waals surface area contributed by atoms with Gasteiger partial charge in [0.1, 0.15) is 5.75 Å². The van der Waals surface area contributed by atoms with E-state index < -0.39 is 0 Å². The second-order valence-corrected chi connectivity index (χ2v) is 11.4. The van der Waals surface area contributed by atoms with Crippen molar-refractivity contribution in [2.45, 2.75) is 52.5 Å². The summed E-state index contributed by atoms with van der Waals surface area (Å²) < 4.78 is 5.50. The maximum atomic E-state index is 13.7. The summed E-state index contributed by atoms with van der Waals surface area (Å²) in [7, 11) is 1.69. The van der Waals surface area contributed by atoms with E-state index in [0.717, 1.165) is 67.0 Å². The molecule has 1 heterocycles. The molecule has 3 aromatic carbocycles. The zero-order valence-corrected chi connectivity index (χ0v) is 24.9. The van der Waals surface area contributed by atoms with Gasteiger partial charge in [0.25, 0.3) is 0 Å². The zero-order valence-electron chi connectivity index (χ0n) is 24.9. The van der Waals surface area contributed by atoms with Gasteiger partial charge >= 0.3 is 0 Å². The van der Waals surface area contributed by atoms with Gasteiger partial charge in [0.15, 0.2) is 0 Å². The second kappa shape index (κ2) is 15.4. The van der Waals surface area contributed by atoms with Crippen molar-refractivity contribution in [3.63, 3.8) is 0 Å². The van der Waals surface area contributed by atoms with E-state index in [1.54, 1.807) is 7.11 Å². The molecule has 41 heavy (non-hydrogen) atoms. The molecular weight excluding hydrogens is 510 g/mol. The number of ether oxygens (including phenoxy) is 1. The molecule has 0 fully saturated rings. The molecule has 1 aliphatic heterocycles. The molecule has 0 N–H and O–H groups in total. The van der Waals surface area contributed by atoms with Crippen LogP contribution in [0.4, 0.5) is 5.69 Å². The zero-order chi connectivity index (χ0) is 29.0. The van der Waals surface area contributed by atoms with Crippen LogP contribution in [-0.4, -0.2) is 61.4 Å². The molecule has 0 atom stereocenters. The third-order valence-electron chi connectivity index (χ3n) is 7.69. The summed E-state index contributed by atoms with van der Waals surface area (Å²) >= 11 is 0. The molecule has 6 nitrogen and oxygen atoms in total. The minimum Gasteiger partial charge on any atom is -0.496 e. The van der Waals surface area contributed by atoms with Gasteiger partial charge in [-0.25, -0.2) is 0 Å². The number of fused-ring (bicyclic) bond motifs is 1. The summed E-state index contributed by atoms with van der Waals surface area (Å²) in [5, 5.41) is 0. The number of para-hydroxylation sites is 2. The molecule has 0 aromatic heterocycles. The van der Waals surface area contributed by atoms with Crippen molar-refractivity contribution in [2.24, 2.45) is 5.92 Å². The lowest BCUT2D eigenvalue weighted by Crippen LogP contribution is -2.40. The minimum atomic E-state index is 0.0907. The van der Waals surface area contributed by atoms with E-state index in [1.807, 2.05) is 76.5 Å². The summed E-state index contributed by atoms with van der Waals surface area (Å²) in [6.07, 6.45) is 3.27. The van der Waals surface area contributed by atoms with Gasteiger partial charge in [-0.05, 0) is 60.5 Å². The Morgan fingerprint density at radius 2 is 1.56 bits per heavy atom. The summed E-state index contributed by atoms with van der Waals surface area (Å²) in [5.74, 6) is 1.64. The van der Waals surface area contributed by atoms with Crippen LogP contribution in [0.1, 0.15) is 49.8 Å². The first-order chi connectivity index (χ1) is 19.9. The lowest BCUT2D eigenvalue weighted by atomic mass is 10.1. The average molecular weight is 556 g/mol. The predicted octanol–water partition coefficient (Wildman–Crippen LogP) is 5.98. The Bertz CT molecular complexity index is 1260. The van der Waals surface area contributed by atoms with Crippen LogP contribution in [0.3, 0.4) is 0 Å². The van der Waals surface area contributed by atoms with Crippen molar-refractivity contribution in [3.05, 3.63) is 95.6 Å². The normalized spacial score (nSPS) is 14.8. The summed E-state index contributed by atoms with van der Waals surface area (Å²) in [6, 6.07) is 26.1. The maximum absolute atomic E-state index is 13.7. The number of nitrogens with zero attached hydrogens (tertiary/aromatic N) is 3. The number of carbonyl (C=O) groups is 2. The quantitative estimate of drug-likeness (QED) is 0.326. The van der Waals surface area contributed by atoms with E-state index in [2.05, 4.69) is 30.9 Å². The van der Waals surface area contributed by atoms with Crippen LogP contribution >= 0.6 is 0 Å². The Balaban J connectivity index is 1.55. The average Bonchev–Trinajstić information content (AvgIpc) is 3.01. The highest BCUT2D eigenvalue weighted by atomic mass is 16.5. The Kier molecular flexibility index (Phi) is 11.4. The SMILES string of the molecule is COc1ccccc1CCCC(=O)N1CCN(CC(C)C)CCCN(C(=O)Cc2ccccc2)c2ccccc2C1. The molecule has 218 valence electrons. The lowest BCUT2D eigenvalue weighted by molar-refractivity contribution is -0.132. The minimum absolute atomic E-state index is 0.0907. The van der Waals surface area contributed by atoms with Crippen LogP contribution in [-0.2, 0) is 29.0 Å². The number of amides is 2. The van der Waals surface area contributed by atoms with Gasteiger partial charge in [-0.15, -0.1) is 0 Å². The van der Waals surface area contributed by atoms with E-state index in [0.29, 0.717) is 38.4 Å². The molecule has 3 aromatic rings. The van der Waals surface area contributed by atoms with Crippen LogP contribution in [0.5, 0.6) is 5.75 Å². The van der Waals surface area contributed by atoms with E-state index in [4.69, 9.17) is 4.74 Å². The lowest BCUT2D eigenvalue weighted by Gasteiger charge is -2.29. The van der Waals surface area contributed by atoms with Crippen molar-refractivity contribution >= 4 is 17.5 Å². The Hall–Kier alpha value is -3.64. The monoisotopic (exact) mass is 555 g/mol. The van der Waals surface area contributed by atoms with Crippen molar-refractivity contribution in [1.29, 1.82) is 0 Å². The van der Waals surface area contributed by atoms with E-state index in [1.165, 1.54) is 0 Å². The smallest absolute Gasteiger partial charge is 0.231 e.